The van der Waals surface area contributed by atoms with Gasteiger partial charge in [0.1, 0.15) is 16.8 Å². The van der Waals surface area contributed by atoms with Gasteiger partial charge in [0, 0.05) is 19.2 Å². The lowest BCUT2D eigenvalue weighted by Gasteiger charge is -2.28. The number of carbonyl (C=O) groups excluding carboxylic acids is 2. The van der Waals surface area contributed by atoms with E-state index in [1.807, 2.05) is 6.92 Å². The van der Waals surface area contributed by atoms with E-state index in [0.717, 1.165) is 5.75 Å². The van der Waals surface area contributed by atoms with Crippen LogP contribution in [0.4, 0.5) is 15.8 Å². The Kier molecular flexibility index (Phi) is 6.30. The lowest BCUT2D eigenvalue weighted by atomic mass is 10.2. The number of amidine groups is 1. The van der Waals surface area contributed by atoms with Crippen LogP contribution in [0.25, 0.3) is 0 Å². The van der Waals surface area contributed by atoms with Gasteiger partial charge >= 0.3 is 0 Å². The van der Waals surface area contributed by atoms with Gasteiger partial charge in [-0.1, -0.05) is 11.8 Å². The fraction of sp³-hybridized carbons (Fsp3) is 0.250. The molecule has 3 rings (SSSR count). The Labute approximate surface area is 166 Å². The molecule has 6 nitrogen and oxygen atoms in total. The summed E-state index contributed by atoms with van der Waals surface area (Å²) in [6.07, 6.45) is 0.0660. The fourth-order valence-electron chi connectivity index (χ4n) is 2.55. The number of thioether (sulfide) groups is 1. The first-order valence-corrected chi connectivity index (χ1v) is 9.65. The second-order valence-corrected chi connectivity index (χ2v) is 7.25. The van der Waals surface area contributed by atoms with Crippen molar-refractivity contribution in [3.8, 4) is 5.75 Å². The first-order chi connectivity index (χ1) is 13.5. The molecule has 2 amide bonds. The van der Waals surface area contributed by atoms with Gasteiger partial charge in [-0.15, -0.1) is 0 Å². The molecular formula is C20H20FN3O3S. The predicted molar refractivity (Wildman–Crippen MR) is 109 cm³/mol. The predicted octanol–water partition coefficient (Wildman–Crippen LogP) is 3.81. The minimum Gasteiger partial charge on any atom is -0.494 e. The highest BCUT2D eigenvalue weighted by molar-refractivity contribution is 8.15. The highest BCUT2D eigenvalue weighted by Gasteiger charge is 2.34. The molecule has 0 saturated carbocycles. The SMILES string of the molecule is CCOc1ccc(N=C2S[C@@H](C(=O)Nc3ccc(F)cc3)CC(=O)N2C)cc1. The molecule has 1 atom stereocenters. The summed E-state index contributed by atoms with van der Waals surface area (Å²) in [6.45, 7) is 2.48. The summed E-state index contributed by atoms with van der Waals surface area (Å²) in [5, 5.41) is 2.54. The van der Waals surface area contributed by atoms with Crippen molar-refractivity contribution in [2.24, 2.45) is 4.99 Å². The molecule has 2 aromatic rings. The Morgan fingerprint density at radius 2 is 1.93 bits per heavy atom. The molecule has 1 saturated heterocycles. The molecule has 0 aliphatic carbocycles. The number of hydrogen-bond acceptors (Lipinski definition) is 5. The first-order valence-electron chi connectivity index (χ1n) is 8.77. The van der Waals surface area contributed by atoms with E-state index < -0.39 is 5.25 Å². The van der Waals surface area contributed by atoms with Crippen molar-refractivity contribution < 1.29 is 18.7 Å². The van der Waals surface area contributed by atoms with Crippen LogP contribution in [-0.4, -0.2) is 40.8 Å². The molecular weight excluding hydrogens is 381 g/mol. The largest absolute Gasteiger partial charge is 0.494 e. The Morgan fingerprint density at radius 3 is 2.57 bits per heavy atom. The number of anilines is 1. The van der Waals surface area contributed by atoms with Gasteiger partial charge in [-0.3, -0.25) is 14.5 Å². The van der Waals surface area contributed by atoms with E-state index in [4.69, 9.17) is 4.74 Å². The molecule has 0 aromatic heterocycles. The maximum Gasteiger partial charge on any atom is 0.238 e. The van der Waals surface area contributed by atoms with E-state index in [0.29, 0.717) is 23.1 Å². The van der Waals surface area contributed by atoms with Crippen molar-refractivity contribution in [3.05, 3.63) is 54.3 Å². The summed E-state index contributed by atoms with van der Waals surface area (Å²) in [5.41, 5.74) is 1.13. The second-order valence-electron chi connectivity index (χ2n) is 6.08. The minimum absolute atomic E-state index is 0.0660. The van der Waals surface area contributed by atoms with Crippen molar-refractivity contribution in [1.82, 2.24) is 4.90 Å². The van der Waals surface area contributed by atoms with Crippen molar-refractivity contribution >= 4 is 40.1 Å². The highest BCUT2D eigenvalue weighted by Crippen LogP contribution is 2.29. The van der Waals surface area contributed by atoms with Crippen molar-refractivity contribution in [2.45, 2.75) is 18.6 Å². The van der Waals surface area contributed by atoms with Crippen LogP contribution in [0, 0.1) is 5.82 Å². The standard InChI is InChI=1S/C20H20FN3O3S/c1-3-27-16-10-8-15(9-11-16)23-20-24(2)18(25)12-17(28-20)19(26)22-14-6-4-13(21)5-7-14/h4-11,17H,3,12H2,1-2H3,(H,22,26)/t17-/m1/s1. The van der Waals surface area contributed by atoms with E-state index in [9.17, 15) is 14.0 Å². The third-order valence-corrected chi connectivity index (χ3v) is 5.29. The normalized spacial score (nSPS) is 18.2. The third kappa shape index (κ3) is 4.89. The molecule has 0 spiro atoms. The molecule has 1 heterocycles. The summed E-state index contributed by atoms with van der Waals surface area (Å²) >= 11 is 1.22. The van der Waals surface area contributed by atoms with Crippen LogP contribution in [0.15, 0.2) is 53.5 Å². The van der Waals surface area contributed by atoms with Gasteiger partial charge in [0.05, 0.1) is 12.3 Å². The van der Waals surface area contributed by atoms with E-state index in [2.05, 4.69) is 10.3 Å². The number of hydrogen-bond donors (Lipinski definition) is 1. The Hall–Kier alpha value is -2.87. The van der Waals surface area contributed by atoms with Crippen LogP contribution >= 0.6 is 11.8 Å². The van der Waals surface area contributed by atoms with E-state index in [-0.39, 0.29) is 24.1 Å². The fourth-order valence-corrected chi connectivity index (χ4v) is 3.61. The van der Waals surface area contributed by atoms with Crippen molar-refractivity contribution in [3.63, 3.8) is 0 Å². The number of nitrogens with one attached hydrogen (secondary N) is 1. The van der Waals surface area contributed by atoms with Gasteiger partial charge in [-0.2, -0.15) is 0 Å². The molecule has 146 valence electrons. The zero-order valence-corrected chi connectivity index (χ0v) is 16.3. The number of benzene rings is 2. The lowest BCUT2D eigenvalue weighted by Crippen LogP contribution is -2.43. The number of nitrogens with zero attached hydrogens (tertiary/aromatic N) is 2. The van der Waals surface area contributed by atoms with E-state index >= 15 is 0 Å². The van der Waals surface area contributed by atoms with Crippen LogP contribution in [0.2, 0.25) is 0 Å². The second kappa shape index (κ2) is 8.88. The quantitative estimate of drug-likeness (QED) is 0.827. The topological polar surface area (TPSA) is 71.0 Å². The van der Waals surface area contributed by atoms with E-state index in [1.54, 1.807) is 31.3 Å². The first kappa shape index (κ1) is 19.9. The zero-order chi connectivity index (χ0) is 20.1. The number of amides is 2. The monoisotopic (exact) mass is 401 g/mol. The van der Waals surface area contributed by atoms with Gasteiger partial charge in [-0.05, 0) is 55.5 Å². The zero-order valence-electron chi connectivity index (χ0n) is 15.5. The molecule has 0 bridgehead atoms. The molecule has 28 heavy (non-hydrogen) atoms. The molecule has 1 aliphatic heterocycles. The molecule has 0 radical (unpaired) electrons. The maximum atomic E-state index is 13.0. The van der Waals surface area contributed by atoms with Crippen LogP contribution < -0.4 is 10.1 Å². The summed E-state index contributed by atoms with van der Waals surface area (Å²) in [5.74, 6) is -0.157. The Balaban J connectivity index is 1.73. The number of carbonyl (C=O) groups is 2. The number of ether oxygens (including phenoxy) is 1. The summed E-state index contributed by atoms with van der Waals surface area (Å²) < 4.78 is 18.4. The number of aliphatic imine (C=N–C) groups is 1. The van der Waals surface area contributed by atoms with Crippen LogP contribution in [0.5, 0.6) is 5.75 Å². The Morgan fingerprint density at radius 1 is 1.25 bits per heavy atom. The van der Waals surface area contributed by atoms with Crippen molar-refractivity contribution in [1.29, 1.82) is 0 Å². The van der Waals surface area contributed by atoms with E-state index in [1.165, 1.54) is 40.9 Å². The Bertz CT molecular complexity index is 885. The molecule has 0 unspecified atom stereocenters. The van der Waals surface area contributed by atoms with Crippen LogP contribution in [-0.2, 0) is 9.59 Å². The lowest BCUT2D eigenvalue weighted by molar-refractivity contribution is -0.128. The van der Waals surface area contributed by atoms with Gasteiger partial charge in [0.2, 0.25) is 11.8 Å². The average molecular weight is 401 g/mol. The van der Waals surface area contributed by atoms with Gasteiger partial charge in [0.15, 0.2) is 5.17 Å². The summed E-state index contributed by atoms with van der Waals surface area (Å²) in [4.78, 5) is 30.8. The highest BCUT2D eigenvalue weighted by atomic mass is 32.2. The molecule has 2 aromatic carbocycles. The van der Waals surface area contributed by atoms with Crippen LogP contribution in [0.3, 0.4) is 0 Å². The van der Waals surface area contributed by atoms with Gasteiger partial charge in [0.25, 0.3) is 0 Å². The molecule has 1 aliphatic rings. The molecule has 8 heteroatoms. The van der Waals surface area contributed by atoms with Gasteiger partial charge in [-0.25, -0.2) is 9.38 Å². The molecule has 1 N–H and O–H groups in total. The van der Waals surface area contributed by atoms with Gasteiger partial charge < -0.3 is 10.1 Å². The third-order valence-electron chi connectivity index (χ3n) is 4.05. The van der Waals surface area contributed by atoms with Crippen molar-refractivity contribution in [2.75, 3.05) is 19.0 Å². The summed E-state index contributed by atoms with van der Waals surface area (Å²) in [7, 11) is 1.64. The number of rotatable bonds is 5. The molecule has 1 fully saturated rings. The van der Waals surface area contributed by atoms with Crippen LogP contribution in [0.1, 0.15) is 13.3 Å². The average Bonchev–Trinajstić information content (AvgIpc) is 2.68. The smallest absolute Gasteiger partial charge is 0.238 e. The summed E-state index contributed by atoms with van der Waals surface area (Å²) in [6, 6.07) is 12.7. The number of halogens is 1. The maximum absolute atomic E-state index is 13.0. The minimum atomic E-state index is -0.616.